The van der Waals surface area contributed by atoms with E-state index in [4.69, 9.17) is 0 Å². The fourth-order valence-electron chi connectivity index (χ4n) is 5.92. The number of aliphatic hydroxyl groups is 1. The van der Waals surface area contributed by atoms with Gasteiger partial charge in [0.2, 0.25) is 0 Å². The second-order valence-corrected chi connectivity index (χ2v) is 10.6. The van der Waals surface area contributed by atoms with E-state index in [1.54, 1.807) is 11.0 Å². The molecule has 2 N–H and O–H groups in total. The Bertz CT molecular complexity index is 1110. The smallest absolute Gasteiger partial charge is 0.391 e. The molecular weight excluding hydrogens is 497 g/mol. The van der Waals surface area contributed by atoms with Crippen LogP contribution in [0.1, 0.15) is 47.3 Å². The van der Waals surface area contributed by atoms with Gasteiger partial charge in [0.15, 0.2) is 0 Å². The van der Waals surface area contributed by atoms with Gasteiger partial charge < -0.3 is 15.3 Å². The molecule has 1 aromatic carbocycles. The second-order valence-electron chi connectivity index (χ2n) is 10.6. The Morgan fingerprint density at radius 3 is 2.50 bits per heavy atom. The number of hydrogen-bond donors (Lipinski definition) is 2. The minimum Gasteiger partial charge on any atom is -0.391 e. The van der Waals surface area contributed by atoms with Crippen LogP contribution in [0.25, 0.3) is 0 Å². The lowest BCUT2D eigenvalue weighted by atomic mass is 9.96. The summed E-state index contributed by atoms with van der Waals surface area (Å²) in [6.07, 6.45) is -0.0853. The molecule has 38 heavy (non-hydrogen) atoms. The van der Waals surface area contributed by atoms with Crippen LogP contribution in [0.5, 0.6) is 0 Å². The van der Waals surface area contributed by atoms with Crippen molar-refractivity contribution >= 4 is 11.7 Å². The summed E-state index contributed by atoms with van der Waals surface area (Å²) in [5.74, 6) is 0.296. The van der Waals surface area contributed by atoms with Crippen LogP contribution in [0.4, 0.5) is 19.0 Å². The highest BCUT2D eigenvalue weighted by atomic mass is 19.4. The van der Waals surface area contributed by atoms with E-state index in [2.05, 4.69) is 38.4 Å². The fraction of sp³-hybridized carbons (Fsp3) is 0.593. The SMILES string of the molecule is O=C(c1cc(NC2CCN(CC(F)(F)F)CC2)ncn1)N1CC[C@@H](O)[C@H](N2CCc3ccccc3C2)CC1. The van der Waals surface area contributed by atoms with Gasteiger partial charge >= 0.3 is 6.18 Å². The van der Waals surface area contributed by atoms with Crippen molar-refractivity contribution in [1.29, 1.82) is 0 Å². The largest absolute Gasteiger partial charge is 0.401 e. The number of likely N-dealkylation sites (tertiary alicyclic amines) is 2. The van der Waals surface area contributed by atoms with Crippen molar-refractivity contribution in [3.63, 3.8) is 0 Å². The van der Waals surface area contributed by atoms with E-state index in [1.165, 1.54) is 22.4 Å². The first kappa shape index (κ1) is 26.8. The Morgan fingerprint density at radius 2 is 1.74 bits per heavy atom. The second kappa shape index (κ2) is 11.5. The molecule has 3 aliphatic rings. The highest BCUT2D eigenvalue weighted by molar-refractivity contribution is 5.92. The summed E-state index contributed by atoms with van der Waals surface area (Å²) in [7, 11) is 0. The van der Waals surface area contributed by atoms with Gasteiger partial charge in [-0.25, -0.2) is 9.97 Å². The Morgan fingerprint density at radius 1 is 1.00 bits per heavy atom. The molecular formula is C27H35F3N6O2. The van der Waals surface area contributed by atoms with Crippen LogP contribution in [-0.4, -0.2) is 99.3 Å². The van der Waals surface area contributed by atoms with Crippen molar-refractivity contribution in [1.82, 2.24) is 24.7 Å². The molecule has 0 radical (unpaired) electrons. The number of rotatable bonds is 5. The van der Waals surface area contributed by atoms with Crippen molar-refractivity contribution in [2.24, 2.45) is 0 Å². The van der Waals surface area contributed by atoms with Gasteiger partial charge in [-0.1, -0.05) is 24.3 Å². The topological polar surface area (TPSA) is 84.8 Å². The maximum Gasteiger partial charge on any atom is 0.401 e. The van der Waals surface area contributed by atoms with Crippen molar-refractivity contribution in [3.05, 3.63) is 53.5 Å². The predicted molar refractivity (Wildman–Crippen MR) is 137 cm³/mol. The average Bonchev–Trinajstić information content (AvgIpc) is 3.10. The van der Waals surface area contributed by atoms with E-state index in [0.29, 0.717) is 57.7 Å². The molecule has 2 aromatic rings. The zero-order valence-electron chi connectivity index (χ0n) is 21.4. The number of carbonyl (C=O) groups excluding carboxylic acids is 1. The molecule has 0 aliphatic carbocycles. The van der Waals surface area contributed by atoms with Gasteiger partial charge in [-0.3, -0.25) is 14.6 Å². The van der Waals surface area contributed by atoms with E-state index in [0.717, 1.165) is 19.5 Å². The number of aliphatic hydroxyl groups excluding tert-OH is 1. The number of nitrogens with one attached hydrogen (secondary N) is 1. The predicted octanol–water partition coefficient (Wildman–Crippen LogP) is 2.94. The van der Waals surface area contributed by atoms with E-state index in [9.17, 15) is 23.1 Å². The fourth-order valence-corrected chi connectivity index (χ4v) is 5.92. The first-order valence-corrected chi connectivity index (χ1v) is 13.4. The number of alkyl halides is 3. The molecule has 0 saturated carbocycles. The third-order valence-corrected chi connectivity index (χ3v) is 7.98. The Hall–Kier alpha value is -2.76. The van der Waals surface area contributed by atoms with Crippen LogP contribution < -0.4 is 5.32 Å². The summed E-state index contributed by atoms with van der Waals surface area (Å²) in [4.78, 5) is 27.3. The number of carbonyl (C=O) groups is 1. The molecule has 4 heterocycles. The summed E-state index contributed by atoms with van der Waals surface area (Å²) in [6.45, 7) is 2.50. The molecule has 3 aliphatic heterocycles. The normalized spacial score (nSPS) is 24.1. The summed E-state index contributed by atoms with van der Waals surface area (Å²) in [6, 6.07) is 10.0. The van der Waals surface area contributed by atoms with Gasteiger partial charge in [0.1, 0.15) is 17.8 Å². The third-order valence-electron chi connectivity index (χ3n) is 7.98. The summed E-state index contributed by atoms with van der Waals surface area (Å²) < 4.78 is 37.9. The molecule has 2 atom stereocenters. The zero-order valence-corrected chi connectivity index (χ0v) is 21.4. The van der Waals surface area contributed by atoms with E-state index in [1.807, 2.05) is 6.07 Å². The molecule has 2 fully saturated rings. The van der Waals surface area contributed by atoms with E-state index >= 15 is 0 Å². The molecule has 11 heteroatoms. The van der Waals surface area contributed by atoms with Crippen LogP contribution in [0.15, 0.2) is 36.7 Å². The minimum absolute atomic E-state index is 0.00741. The summed E-state index contributed by atoms with van der Waals surface area (Å²) in [5, 5.41) is 14.2. The van der Waals surface area contributed by atoms with Crippen LogP contribution in [-0.2, 0) is 13.0 Å². The third kappa shape index (κ3) is 6.62. The van der Waals surface area contributed by atoms with E-state index < -0.39 is 18.8 Å². The minimum atomic E-state index is -4.19. The van der Waals surface area contributed by atoms with Crippen LogP contribution in [0, 0.1) is 0 Å². The summed E-state index contributed by atoms with van der Waals surface area (Å²) in [5.41, 5.74) is 2.94. The van der Waals surface area contributed by atoms with Crippen molar-refractivity contribution < 1.29 is 23.1 Å². The van der Waals surface area contributed by atoms with Crippen LogP contribution in [0.3, 0.4) is 0 Å². The molecule has 0 spiro atoms. The zero-order chi connectivity index (χ0) is 26.7. The van der Waals surface area contributed by atoms with Gasteiger partial charge in [0, 0.05) is 57.4 Å². The maximum absolute atomic E-state index is 13.3. The van der Waals surface area contributed by atoms with Gasteiger partial charge in [-0.2, -0.15) is 13.2 Å². The number of nitrogens with zero attached hydrogens (tertiary/aromatic N) is 5. The number of piperidine rings is 1. The molecule has 5 rings (SSSR count). The van der Waals surface area contributed by atoms with Gasteiger partial charge in [0.25, 0.3) is 5.91 Å². The summed E-state index contributed by atoms with van der Waals surface area (Å²) >= 11 is 0. The Labute approximate surface area is 220 Å². The van der Waals surface area contributed by atoms with Gasteiger partial charge in [-0.15, -0.1) is 0 Å². The molecule has 0 unspecified atom stereocenters. The van der Waals surface area contributed by atoms with Gasteiger partial charge in [0.05, 0.1) is 12.6 Å². The number of amides is 1. The molecule has 8 nitrogen and oxygen atoms in total. The van der Waals surface area contributed by atoms with E-state index in [-0.39, 0.29) is 23.7 Å². The first-order chi connectivity index (χ1) is 18.2. The average molecular weight is 533 g/mol. The molecule has 1 amide bonds. The van der Waals surface area contributed by atoms with Crippen LogP contribution >= 0.6 is 0 Å². The number of anilines is 1. The first-order valence-electron chi connectivity index (χ1n) is 13.4. The highest BCUT2D eigenvalue weighted by Gasteiger charge is 2.34. The van der Waals surface area contributed by atoms with Crippen LogP contribution in [0.2, 0.25) is 0 Å². The number of hydrogen-bond acceptors (Lipinski definition) is 7. The molecule has 0 bridgehead atoms. The maximum atomic E-state index is 13.3. The molecule has 2 saturated heterocycles. The Kier molecular flexibility index (Phi) is 8.15. The lowest BCUT2D eigenvalue weighted by Crippen LogP contribution is -2.46. The number of halogens is 3. The molecule has 206 valence electrons. The monoisotopic (exact) mass is 532 g/mol. The number of aromatic nitrogens is 2. The van der Waals surface area contributed by atoms with Crippen molar-refractivity contribution in [2.75, 3.05) is 44.6 Å². The van der Waals surface area contributed by atoms with Crippen molar-refractivity contribution in [2.45, 2.75) is 63.0 Å². The lowest BCUT2D eigenvalue weighted by molar-refractivity contribution is -0.147. The van der Waals surface area contributed by atoms with Gasteiger partial charge in [-0.05, 0) is 43.2 Å². The Balaban J connectivity index is 1.16. The lowest BCUT2D eigenvalue weighted by Gasteiger charge is -2.37. The van der Waals surface area contributed by atoms with Crippen molar-refractivity contribution in [3.8, 4) is 0 Å². The standard InChI is InChI=1S/C27H35F3N6O2/c28-27(29,30)17-34-10-6-21(7-11-34)33-25-15-22(31-18-32-25)26(38)35-13-8-23(24(37)9-14-35)36-12-5-19-3-1-2-4-20(19)16-36/h1-4,15,18,21,23-24,37H,5-14,16-17H2,(H,31,32,33)/t23-,24-/m1/s1. The number of benzene rings is 1. The number of fused-ring (bicyclic) bond motifs is 1. The quantitative estimate of drug-likeness (QED) is 0.613. The molecule has 1 aromatic heterocycles. The highest BCUT2D eigenvalue weighted by Crippen LogP contribution is 2.26.